The van der Waals surface area contributed by atoms with Crippen molar-refractivity contribution >= 4 is 11.6 Å². The number of benzene rings is 1. The Hall–Kier alpha value is -0.970. The highest BCUT2D eigenvalue weighted by Gasteiger charge is 2.17. The molecule has 0 amide bonds. The lowest BCUT2D eigenvalue weighted by atomic mass is 10.1. The molecule has 120 valence electrons. The summed E-state index contributed by atoms with van der Waals surface area (Å²) in [4.78, 5) is 0. The van der Waals surface area contributed by atoms with E-state index in [9.17, 15) is 0 Å². The van der Waals surface area contributed by atoms with Gasteiger partial charge in [0.1, 0.15) is 0 Å². The Morgan fingerprint density at radius 2 is 1.90 bits per heavy atom. The number of halogens is 1. The molecule has 1 unspecified atom stereocenters. The van der Waals surface area contributed by atoms with E-state index in [0.29, 0.717) is 23.1 Å². The van der Waals surface area contributed by atoms with Crippen molar-refractivity contribution in [1.29, 1.82) is 0 Å². The van der Waals surface area contributed by atoms with Gasteiger partial charge in [0.25, 0.3) is 0 Å². The van der Waals surface area contributed by atoms with Gasteiger partial charge in [-0.15, -0.1) is 0 Å². The molecule has 1 aromatic carbocycles. The molecule has 0 radical (unpaired) electrons. The van der Waals surface area contributed by atoms with Gasteiger partial charge >= 0.3 is 0 Å². The van der Waals surface area contributed by atoms with E-state index in [2.05, 4.69) is 12.2 Å². The van der Waals surface area contributed by atoms with Crippen LogP contribution in [0, 0.1) is 0 Å². The fraction of sp³-hybridized carbons (Fsp3) is 0.625. The number of rotatable bonds is 9. The minimum atomic E-state index is 0.0738. The lowest BCUT2D eigenvalue weighted by Gasteiger charge is -2.22. The van der Waals surface area contributed by atoms with Crippen LogP contribution in [0.1, 0.15) is 38.8 Å². The van der Waals surface area contributed by atoms with Crippen molar-refractivity contribution in [3.05, 3.63) is 22.7 Å². The first-order valence-corrected chi connectivity index (χ1v) is 7.67. The molecule has 0 aromatic heterocycles. The molecule has 4 nitrogen and oxygen atoms in total. The summed E-state index contributed by atoms with van der Waals surface area (Å²) in [6.45, 7) is 7.69. The summed E-state index contributed by atoms with van der Waals surface area (Å²) in [6.07, 6.45) is 1.24. The summed E-state index contributed by atoms with van der Waals surface area (Å²) in [7, 11) is 3.19. The van der Waals surface area contributed by atoms with Crippen LogP contribution in [0.2, 0.25) is 5.02 Å². The first kappa shape index (κ1) is 18.1. The first-order chi connectivity index (χ1) is 10.0. The summed E-state index contributed by atoms with van der Waals surface area (Å²) in [5.41, 5.74) is 1.03. The molecule has 5 heteroatoms. The molecule has 0 fully saturated rings. The van der Waals surface area contributed by atoms with Crippen molar-refractivity contribution in [2.75, 3.05) is 27.4 Å². The topological polar surface area (TPSA) is 39.7 Å². The van der Waals surface area contributed by atoms with Crippen molar-refractivity contribution in [1.82, 2.24) is 5.32 Å². The third-order valence-electron chi connectivity index (χ3n) is 3.10. The van der Waals surface area contributed by atoms with Gasteiger partial charge in [0.15, 0.2) is 11.5 Å². The van der Waals surface area contributed by atoms with E-state index in [-0.39, 0.29) is 12.1 Å². The first-order valence-electron chi connectivity index (χ1n) is 7.29. The van der Waals surface area contributed by atoms with Crippen LogP contribution >= 0.6 is 11.6 Å². The van der Waals surface area contributed by atoms with Gasteiger partial charge in [-0.05, 0) is 44.5 Å². The van der Waals surface area contributed by atoms with Crippen LogP contribution in [0.3, 0.4) is 0 Å². The molecule has 0 saturated heterocycles. The second kappa shape index (κ2) is 9.13. The fourth-order valence-electron chi connectivity index (χ4n) is 2.02. The molecule has 0 bridgehead atoms. The molecule has 1 N–H and O–H groups in total. The van der Waals surface area contributed by atoms with Gasteiger partial charge in [-0.2, -0.15) is 0 Å². The van der Waals surface area contributed by atoms with Crippen LogP contribution in [0.25, 0.3) is 0 Å². The molecule has 0 spiro atoms. The molecule has 0 aliphatic carbocycles. The van der Waals surface area contributed by atoms with E-state index in [4.69, 9.17) is 25.8 Å². The third kappa shape index (κ3) is 5.38. The number of methoxy groups -OCH3 is 2. The molecule has 1 aromatic rings. The molecular weight excluding hydrogens is 290 g/mol. The zero-order chi connectivity index (χ0) is 15.8. The lowest BCUT2D eigenvalue weighted by Crippen LogP contribution is -2.27. The van der Waals surface area contributed by atoms with E-state index in [1.807, 2.05) is 26.0 Å². The van der Waals surface area contributed by atoms with E-state index in [1.165, 1.54) is 0 Å². The predicted octanol–water partition coefficient (Wildman–Crippen LogP) is 3.82. The summed E-state index contributed by atoms with van der Waals surface area (Å²) in [5.74, 6) is 1.19. The number of ether oxygens (including phenoxy) is 3. The summed E-state index contributed by atoms with van der Waals surface area (Å²) >= 11 is 6.28. The zero-order valence-corrected chi connectivity index (χ0v) is 14.3. The zero-order valence-electron chi connectivity index (χ0n) is 13.5. The molecule has 0 saturated carbocycles. The van der Waals surface area contributed by atoms with Crippen LogP contribution in [0.15, 0.2) is 12.1 Å². The number of hydrogen-bond acceptors (Lipinski definition) is 4. The van der Waals surface area contributed by atoms with E-state index >= 15 is 0 Å². The molecule has 0 heterocycles. The highest BCUT2D eigenvalue weighted by Crippen LogP contribution is 2.37. The third-order valence-corrected chi connectivity index (χ3v) is 3.38. The van der Waals surface area contributed by atoms with Crippen LogP contribution in [-0.4, -0.2) is 33.5 Å². The van der Waals surface area contributed by atoms with Gasteiger partial charge in [-0.1, -0.05) is 18.5 Å². The summed E-state index contributed by atoms with van der Waals surface area (Å²) in [5, 5.41) is 4.02. The van der Waals surface area contributed by atoms with E-state index in [0.717, 1.165) is 18.5 Å². The van der Waals surface area contributed by atoms with Crippen molar-refractivity contribution in [2.24, 2.45) is 0 Å². The molecule has 0 aliphatic heterocycles. The maximum absolute atomic E-state index is 6.28. The summed E-state index contributed by atoms with van der Waals surface area (Å²) in [6, 6.07) is 3.92. The molecule has 1 rings (SSSR count). The van der Waals surface area contributed by atoms with Crippen LogP contribution in [0.4, 0.5) is 0 Å². The normalized spacial score (nSPS) is 12.5. The number of hydrogen-bond donors (Lipinski definition) is 1. The fourth-order valence-corrected chi connectivity index (χ4v) is 2.32. The molecular formula is C16H26ClNO3. The van der Waals surface area contributed by atoms with Crippen LogP contribution in [0.5, 0.6) is 11.5 Å². The molecule has 0 aliphatic rings. The maximum atomic E-state index is 6.28. The maximum Gasteiger partial charge on any atom is 0.179 e. The average Bonchev–Trinajstić information content (AvgIpc) is 2.46. The highest BCUT2D eigenvalue weighted by molar-refractivity contribution is 6.32. The van der Waals surface area contributed by atoms with Crippen molar-refractivity contribution in [2.45, 2.75) is 39.3 Å². The lowest BCUT2D eigenvalue weighted by molar-refractivity contribution is 0.0611. The predicted molar refractivity (Wildman–Crippen MR) is 86.7 cm³/mol. The Labute approximate surface area is 132 Å². The standard InChI is InChI=1S/C16H26ClNO3/c1-6-7-18-14(10-21-11(2)3)12-8-13(17)16(20-5)15(9-12)19-4/h8-9,11,14,18H,6-7,10H2,1-5H3. The second-order valence-corrected chi connectivity index (χ2v) is 5.53. The summed E-state index contributed by atoms with van der Waals surface area (Å²) < 4.78 is 16.4. The second-order valence-electron chi connectivity index (χ2n) is 5.13. The largest absolute Gasteiger partial charge is 0.493 e. The quantitative estimate of drug-likeness (QED) is 0.752. The van der Waals surface area contributed by atoms with Gasteiger partial charge in [-0.3, -0.25) is 0 Å². The number of nitrogens with one attached hydrogen (secondary N) is 1. The Kier molecular flexibility index (Phi) is 7.86. The Morgan fingerprint density at radius 3 is 2.43 bits per heavy atom. The molecule has 1 atom stereocenters. The highest BCUT2D eigenvalue weighted by atomic mass is 35.5. The SMILES string of the molecule is CCCNC(COC(C)C)c1cc(Cl)c(OC)c(OC)c1. The Balaban J connectivity index is 3.02. The van der Waals surface area contributed by atoms with E-state index < -0.39 is 0 Å². The molecule has 21 heavy (non-hydrogen) atoms. The average molecular weight is 316 g/mol. The van der Waals surface area contributed by atoms with Gasteiger partial charge in [0.2, 0.25) is 0 Å². The Bertz CT molecular complexity index is 438. The van der Waals surface area contributed by atoms with Crippen molar-refractivity contribution in [3.63, 3.8) is 0 Å². The van der Waals surface area contributed by atoms with Crippen LogP contribution in [-0.2, 0) is 4.74 Å². The van der Waals surface area contributed by atoms with Gasteiger partial charge in [0, 0.05) is 0 Å². The van der Waals surface area contributed by atoms with E-state index in [1.54, 1.807) is 14.2 Å². The van der Waals surface area contributed by atoms with Gasteiger partial charge < -0.3 is 19.5 Å². The van der Waals surface area contributed by atoms with Crippen molar-refractivity contribution in [3.8, 4) is 11.5 Å². The minimum absolute atomic E-state index is 0.0738. The monoisotopic (exact) mass is 315 g/mol. The van der Waals surface area contributed by atoms with Gasteiger partial charge in [0.05, 0.1) is 38.0 Å². The smallest absolute Gasteiger partial charge is 0.179 e. The Morgan fingerprint density at radius 1 is 1.19 bits per heavy atom. The van der Waals surface area contributed by atoms with Crippen LogP contribution < -0.4 is 14.8 Å². The van der Waals surface area contributed by atoms with Gasteiger partial charge in [-0.25, -0.2) is 0 Å². The minimum Gasteiger partial charge on any atom is -0.493 e. The van der Waals surface area contributed by atoms with Crippen molar-refractivity contribution < 1.29 is 14.2 Å².